The minimum absolute atomic E-state index is 0. The molecule has 1 aromatic rings. The van der Waals surface area contributed by atoms with E-state index < -0.39 is 0 Å². The number of benzene rings is 1. The second-order valence-corrected chi connectivity index (χ2v) is 4.38. The Morgan fingerprint density at radius 3 is 2.94 bits per heavy atom. The largest absolute Gasteiger partial charge is 0.335 e. The minimum Gasteiger partial charge on any atom is -0.335 e. The second kappa shape index (κ2) is 5.92. The van der Waals surface area contributed by atoms with Crippen LogP contribution in [0.3, 0.4) is 0 Å². The van der Waals surface area contributed by atoms with Gasteiger partial charge < -0.3 is 5.32 Å². The number of carbonyl (C=O) groups is 1. The van der Waals surface area contributed by atoms with Crippen LogP contribution in [0, 0.1) is 0 Å². The molecule has 1 heterocycles. The molecule has 0 unspecified atom stereocenters. The van der Waals surface area contributed by atoms with E-state index in [1.807, 2.05) is 24.3 Å². The number of rotatable bonds is 2. The van der Waals surface area contributed by atoms with Gasteiger partial charge in [0.25, 0.3) is 0 Å². The third-order valence-corrected chi connectivity index (χ3v) is 3.00. The highest BCUT2D eigenvalue weighted by Crippen LogP contribution is 2.17. The lowest BCUT2D eigenvalue weighted by atomic mass is 10.1. The molecule has 0 atom stereocenters. The van der Waals surface area contributed by atoms with Gasteiger partial charge in [0.05, 0.1) is 6.54 Å². The first-order chi connectivity index (χ1) is 7.25. The quantitative estimate of drug-likeness (QED) is 0.828. The van der Waals surface area contributed by atoms with Gasteiger partial charge in [-0.25, -0.2) is 0 Å². The molecule has 1 aliphatic rings. The van der Waals surface area contributed by atoms with E-state index in [9.17, 15) is 4.79 Å². The van der Waals surface area contributed by atoms with Crippen molar-refractivity contribution in [1.82, 2.24) is 0 Å². The first kappa shape index (κ1) is 13.1. The Morgan fingerprint density at radius 1 is 1.50 bits per heavy atom. The molecule has 0 aliphatic carbocycles. The third kappa shape index (κ3) is 3.25. The van der Waals surface area contributed by atoms with Gasteiger partial charge in [-0.15, -0.1) is 12.4 Å². The zero-order valence-electron chi connectivity index (χ0n) is 8.90. The average Bonchev–Trinajstić information content (AvgIpc) is 2.71. The molecule has 3 nitrogen and oxygen atoms in total. The van der Waals surface area contributed by atoms with Gasteiger partial charge in [-0.05, 0) is 19.1 Å². The highest BCUT2D eigenvalue weighted by atomic mass is 35.5. The average molecular weight is 257 g/mol. The Bertz CT molecular complexity index is 420. The van der Waals surface area contributed by atoms with Crippen molar-refractivity contribution in [2.45, 2.75) is 6.92 Å². The fraction of sp³-hybridized carbons (Fsp3) is 0.273. The van der Waals surface area contributed by atoms with Crippen molar-refractivity contribution in [3.05, 3.63) is 29.8 Å². The van der Waals surface area contributed by atoms with Crippen molar-refractivity contribution >= 4 is 40.8 Å². The summed E-state index contributed by atoms with van der Waals surface area (Å²) in [6.45, 7) is 2.44. The summed E-state index contributed by atoms with van der Waals surface area (Å²) in [5.41, 5.74) is 1.65. The molecule has 16 heavy (non-hydrogen) atoms. The highest BCUT2D eigenvalue weighted by Gasteiger charge is 2.07. The predicted molar refractivity (Wildman–Crippen MR) is 72.1 cm³/mol. The number of aliphatic imine (C=N–C) groups is 1. The van der Waals surface area contributed by atoms with E-state index in [0.29, 0.717) is 0 Å². The Labute approximate surface area is 105 Å². The fourth-order valence-corrected chi connectivity index (χ4v) is 2.10. The van der Waals surface area contributed by atoms with Crippen LogP contribution in [0.15, 0.2) is 29.3 Å². The maximum absolute atomic E-state index is 11.2. The normalized spacial score (nSPS) is 13.9. The maximum Gasteiger partial charge on any atom is 0.161 e. The number of hydrogen-bond donors (Lipinski definition) is 1. The van der Waals surface area contributed by atoms with Crippen LogP contribution < -0.4 is 5.32 Å². The summed E-state index contributed by atoms with van der Waals surface area (Å²) in [7, 11) is 0. The second-order valence-electron chi connectivity index (χ2n) is 3.30. The van der Waals surface area contributed by atoms with E-state index in [1.54, 1.807) is 18.7 Å². The molecule has 0 saturated carbocycles. The number of nitrogens with zero attached hydrogens (tertiary/aromatic N) is 1. The molecule has 0 radical (unpaired) electrons. The molecule has 2 rings (SSSR count). The molecule has 0 aromatic heterocycles. The molecule has 0 amide bonds. The summed E-state index contributed by atoms with van der Waals surface area (Å²) >= 11 is 1.71. The van der Waals surface area contributed by atoms with Crippen LogP contribution >= 0.6 is 24.2 Å². The predicted octanol–water partition coefficient (Wildman–Crippen LogP) is 2.83. The molecule has 0 bridgehead atoms. The lowest BCUT2D eigenvalue weighted by Gasteiger charge is -2.05. The number of carbonyl (C=O) groups excluding carboxylic acids is 1. The van der Waals surface area contributed by atoms with Crippen LogP contribution in [0.4, 0.5) is 5.69 Å². The van der Waals surface area contributed by atoms with Crippen LogP contribution in [0.2, 0.25) is 0 Å². The van der Waals surface area contributed by atoms with Gasteiger partial charge in [-0.1, -0.05) is 23.9 Å². The third-order valence-electron chi connectivity index (χ3n) is 2.11. The molecule has 0 saturated heterocycles. The lowest BCUT2D eigenvalue weighted by Crippen LogP contribution is -2.05. The van der Waals surface area contributed by atoms with Crippen molar-refractivity contribution in [1.29, 1.82) is 0 Å². The lowest BCUT2D eigenvalue weighted by molar-refractivity contribution is 0.101. The minimum atomic E-state index is 0. The molecular formula is C11H13ClN2OS. The van der Waals surface area contributed by atoms with E-state index in [1.165, 1.54) is 0 Å². The maximum atomic E-state index is 11.2. The van der Waals surface area contributed by atoms with E-state index in [4.69, 9.17) is 0 Å². The van der Waals surface area contributed by atoms with Gasteiger partial charge >= 0.3 is 0 Å². The van der Waals surface area contributed by atoms with Crippen molar-refractivity contribution in [3.63, 3.8) is 0 Å². The summed E-state index contributed by atoms with van der Waals surface area (Å²) < 4.78 is 0. The van der Waals surface area contributed by atoms with Crippen molar-refractivity contribution in [2.75, 3.05) is 17.6 Å². The number of hydrogen-bond acceptors (Lipinski definition) is 4. The highest BCUT2D eigenvalue weighted by molar-refractivity contribution is 8.14. The summed E-state index contributed by atoms with van der Waals surface area (Å²) in [6, 6.07) is 7.48. The summed E-state index contributed by atoms with van der Waals surface area (Å²) in [4.78, 5) is 15.5. The number of amidine groups is 1. The number of nitrogens with one attached hydrogen (secondary N) is 1. The van der Waals surface area contributed by atoms with Crippen LogP contribution in [0.5, 0.6) is 0 Å². The smallest absolute Gasteiger partial charge is 0.161 e. The van der Waals surface area contributed by atoms with Crippen LogP contribution in [0.25, 0.3) is 0 Å². The van der Waals surface area contributed by atoms with Crippen LogP contribution in [-0.2, 0) is 0 Å². The van der Waals surface area contributed by atoms with Crippen molar-refractivity contribution in [3.8, 4) is 0 Å². The zero-order chi connectivity index (χ0) is 10.7. The first-order valence-electron chi connectivity index (χ1n) is 4.81. The molecule has 5 heteroatoms. The summed E-state index contributed by atoms with van der Waals surface area (Å²) in [5.74, 6) is 1.12. The van der Waals surface area contributed by atoms with Crippen molar-refractivity contribution < 1.29 is 4.79 Å². The number of halogens is 1. The summed E-state index contributed by atoms with van der Waals surface area (Å²) in [5, 5.41) is 4.14. The first-order valence-corrected chi connectivity index (χ1v) is 5.79. The number of Topliss-reactive ketones (excluding diaryl/α,β-unsaturated/α-hetero) is 1. The van der Waals surface area contributed by atoms with Crippen molar-refractivity contribution in [2.24, 2.45) is 4.99 Å². The topological polar surface area (TPSA) is 41.5 Å². The molecule has 0 spiro atoms. The van der Waals surface area contributed by atoms with Gasteiger partial charge in [0.1, 0.15) is 0 Å². The zero-order valence-corrected chi connectivity index (χ0v) is 10.5. The fourth-order valence-electron chi connectivity index (χ4n) is 1.35. The van der Waals surface area contributed by atoms with Crippen LogP contribution in [-0.4, -0.2) is 23.2 Å². The standard InChI is InChI=1S/C11H12N2OS.ClH/c1-8(14)9-3-2-4-10(7-9)13-11-12-5-6-15-11;/h2-4,7H,5-6H2,1H3,(H,12,13);1H. The van der Waals surface area contributed by atoms with Gasteiger partial charge in [0.2, 0.25) is 0 Å². The van der Waals surface area contributed by atoms with E-state index >= 15 is 0 Å². The van der Waals surface area contributed by atoms with E-state index in [0.717, 1.165) is 28.7 Å². The molecule has 1 aliphatic heterocycles. The van der Waals surface area contributed by atoms with Gasteiger partial charge in [0.15, 0.2) is 11.0 Å². The Hall–Kier alpha value is -1.00. The molecule has 0 fully saturated rings. The van der Waals surface area contributed by atoms with Crippen LogP contribution in [0.1, 0.15) is 17.3 Å². The number of anilines is 1. The number of ketones is 1. The van der Waals surface area contributed by atoms with Gasteiger partial charge in [-0.3, -0.25) is 9.79 Å². The van der Waals surface area contributed by atoms with Gasteiger partial charge in [0, 0.05) is 17.0 Å². The number of thioether (sulfide) groups is 1. The Kier molecular flexibility index (Phi) is 4.83. The molecular weight excluding hydrogens is 244 g/mol. The molecule has 1 N–H and O–H groups in total. The Morgan fingerprint density at radius 2 is 2.31 bits per heavy atom. The Balaban J connectivity index is 0.00000128. The molecule has 86 valence electrons. The van der Waals surface area contributed by atoms with E-state index in [-0.39, 0.29) is 18.2 Å². The SMILES string of the molecule is CC(=O)c1cccc(NC2=NCCS2)c1.Cl. The van der Waals surface area contributed by atoms with Gasteiger partial charge in [-0.2, -0.15) is 0 Å². The van der Waals surface area contributed by atoms with E-state index in [2.05, 4.69) is 10.3 Å². The molecule has 1 aromatic carbocycles. The summed E-state index contributed by atoms with van der Waals surface area (Å²) in [6.07, 6.45) is 0. The monoisotopic (exact) mass is 256 g/mol.